The lowest BCUT2D eigenvalue weighted by molar-refractivity contribution is 0.0942. The SMILES string of the molecule is CC(CNC(=O)c1ccc(S(=O)(=O)NCC2CCCO2)cc1)CN1CCCCC1. The number of sulfonamides is 1. The van der Waals surface area contributed by atoms with E-state index in [9.17, 15) is 13.2 Å². The third-order valence-electron chi connectivity index (χ3n) is 5.58. The lowest BCUT2D eigenvalue weighted by Crippen LogP contribution is -2.38. The van der Waals surface area contributed by atoms with Gasteiger partial charge in [-0.25, -0.2) is 13.1 Å². The minimum Gasteiger partial charge on any atom is -0.377 e. The van der Waals surface area contributed by atoms with Crippen molar-refractivity contribution in [3.05, 3.63) is 29.8 Å². The second-order valence-electron chi connectivity index (χ2n) is 8.19. The Bertz CT molecular complexity index is 755. The summed E-state index contributed by atoms with van der Waals surface area (Å²) in [5.41, 5.74) is 0.466. The zero-order valence-corrected chi connectivity index (χ0v) is 18.0. The van der Waals surface area contributed by atoms with Gasteiger partial charge in [0.25, 0.3) is 5.91 Å². The second kappa shape index (κ2) is 10.5. The van der Waals surface area contributed by atoms with E-state index in [-0.39, 0.29) is 23.5 Å². The molecule has 0 aromatic heterocycles. The molecule has 2 saturated heterocycles. The molecule has 2 aliphatic heterocycles. The van der Waals surface area contributed by atoms with E-state index >= 15 is 0 Å². The fourth-order valence-corrected chi connectivity index (χ4v) is 4.96. The van der Waals surface area contributed by atoms with Crippen LogP contribution >= 0.6 is 0 Å². The van der Waals surface area contributed by atoms with Gasteiger partial charge >= 0.3 is 0 Å². The third-order valence-corrected chi connectivity index (χ3v) is 7.02. The summed E-state index contributed by atoms with van der Waals surface area (Å²) in [5, 5.41) is 2.96. The Morgan fingerprint density at radius 1 is 1.17 bits per heavy atom. The lowest BCUT2D eigenvalue weighted by atomic mass is 10.1. The van der Waals surface area contributed by atoms with Gasteiger partial charge in [-0.15, -0.1) is 0 Å². The average molecular weight is 424 g/mol. The van der Waals surface area contributed by atoms with Crippen LogP contribution in [0.4, 0.5) is 0 Å². The Balaban J connectivity index is 1.46. The summed E-state index contributed by atoms with van der Waals surface area (Å²) in [7, 11) is -3.60. The quantitative estimate of drug-likeness (QED) is 0.634. The summed E-state index contributed by atoms with van der Waals surface area (Å²) in [4.78, 5) is 15.0. The van der Waals surface area contributed by atoms with Crippen LogP contribution in [0.1, 0.15) is 49.4 Å². The number of nitrogens with zero attached hydrogens (tertiary/aromatic N) is 1. The largest absolute Gasteiger partial charge is 0.377 e. The Kier molecular flexibility index (Phi) is 8.06. The number of likely N-dealkylation sites (tertiary alicyclic amines) is 1. The molecule has 2 unspecified atom stereocenters. The van der Waals surface area contributed by atoms with Gasteiger partial charge in [-0.1, -0.05) is 13.3 Å². The Hall–Kier alpha value is -1.48. The lowest BCUT2D eigenvalue weighted by Gasteiger charge is -2.29. The number of carbonyl (C=O) groups excluding carboxylic acids is 1. The highest BCUT2D eigenvalue weighted by molar-refractivity contribution is 7.89. The standard InChI is InChI=1S/C21H33N3O4S/c1-17(16-24-11-3-2-4-12-24)14-22-21(25)18-7-9-20(10-8-18)29(26,27)23-15-19-6-5-13-28-19/h7-10,17,19,23H,2-6,11-16H2,1H3,(H,22,25). The van der Waals surface area contributed by atoms with Gasteiger partial charge in [0.2, 0.25) is 10.0 Å². The van der Waals surface area contributed by atoms with Crippen LogP contribution in [0.2, 0.25) is 0 Å². The van der Waals surface area contributed by atoms with Crippen molar-refractivity contribution >= 4 is 15.9 Å². The minimum absolute atomic E-state index is 0.0539. The normalized spacial score (nSPS) is 21.8. The summed E-state index contributed by atoms with van der Waals surface area (Å²) in [5.74, 6) is 0.200. The van der Waals surface area contributed by atoms with Gasteiger partial charge in [-0.05, 0) is 69.0 Å². The number of nitrogens with one attached hydrogen (secondary N) is 2. The van der Waals surface area contributed by atoms with Crippen molar-refractivity contribution in [1.82, 2.24) is 14.9 Å². The van der Waals surface area contributed by atoms with E-state index in [0.29, 0.717) is 24.6 Å². The summed E-state index contributed by atoms with van der Waals surface area (Å²) < 4.78 is 32.8. The molecule has 0 aliphatic carbocycles. The van der Waals surface area contributed by atoms with Gasteiger partial charge in [0.05, 0.1) is 11.0 Å². The molecule has 1 aromatic carbocycles. The van der Waals surface area contributed by atoms with Crippen molar-refractivity contribution in [2.45, 2.75) is 50.0 Å². The van der Waals surface area contributed by atoms with Crippen LogP contribution in [-0.2, 0) is 14.8 Å². The van der Waals surface area contributed by atoms with Crippen LogP contribution < -0.4 is 10.0 Å². The number of hydrogen-bond donors (Lipinski definition) is 2. The van der Waals surface area contributed by atoms with E-state index in [2.05, 4.69) is 21.9 Å². The van der Waals surface area contributed by atoms with Gasteiger partial charge in [-0.2, -0.15) is 0 Å². The zero-order valence-electron chi connectivity index (χ0n) is 17.2. The third kappa shape index (κ3) is 6.77. The molecule has 0 saturated carbocycles. The molecule has 2 N–H and O–H groups in total. The van der Waals surface area contributed by atoms with Crippen molar-refractivity contribution in [2.75, 3.05) is 39.3 Å². The molecule has 0 spiro atoms. The summed E-state index contributed by atoms with van der Waals surface area (Å²) in [6, 6.07) is 6.07. The summed E-state index contributed by atoms with van der Waals surface area (Å²) in [6.45, 7) is 7.01. The summed E-state index contributed by atoms with van der Waals surface area (Å²) >= 11 is 0. The zero-order chi connectivity index (χ0) is 20.7. The first-order valence-corrected chi connectivity index (χ1v) is 12.1. The molecular weight excluding hydrogens is 390 g/mol. The van der Waals surface area contributed by atoms with Crippen LogP contribution in [0, 0.1) is 5.92 Å². The maximum Gasteiger partial charge on any atom is 0.251 e. The number of benzene rings is 1. The highest BCUT2D eigenvalue weighted by Crippen LogP contribution is 2.14. The number of piperidine rings is 1. The van der Waals surface area contributed by atoms with Crippen LogP contribution in [0.15, 0.2) is 29.2 Å². The molecular formula is C21H33N3O4S. The predicted octanol–water partition coefficient (Wildman–Crippen LogP) is 2.00. The fourth-order valence-electron chi connectivity index (χ4n) is 3.89. The van der Waals surface area contributed by atoms with E-state index in [1.54, 1.807) is 12.1 Å². The molecule has 29 heavy (non-hydrogen) atoms. The van der Waals surface area contributed by atoms with Crippen LogP contribution in [-0.4, -0.2) is 64.7 Å². The van der Waals surface area contributed by atoms with Crippen molar-refractivity contribution in [1.29, 1.82) is 0 Å². The van der Waals surface area contributed by atoms with E-state index in [0.717, 1.165) is 32.5 Å². The Labute approximate surface area is 174 Å². The number of ether oxygens (including phenoxy) is 1. The molecule has 0 radical (unpaired) electrons. The van der Waals surface area contributed by atoms with Gasteiger partial charge in [0.1, 0.15) is 0 Å². The maximum absolute atomic E-state index is 12.4. The van der Waals surface area contributed by atoms with Crippen molar-refractivity contribution in [3.63, 3.8) is 0 Å². The predicted molar refractivity (Wildman–Crippen MR) is 112 cm³/mol. The number of amides is 1. The highest BCUT2D eigenvalue weighted by Gasteiger charge is 2.21. The highest BCUT2D eigenvalue weighted by atomic mass is 32.2. The molecule has 2 fully saturated rings. The maximum atomic E-state index is 12.4. The van der Waals surface area contributed by atoms with Crippen LogP contribution in [0.3, 0.4) is 0 Å². The Morgan fingerprint density at radius 2 is 1.90 bits per heavy atom. The Morgan fingerprint density at radius 3 is 2.55 bits per heavy atom. The van der Waals surface area contributed by atoms with Crippen molar-refractivity contribution in [3.8, 4) is 0 Å². The molecule has 2 aliphatic rings. The molecule has 2 heterocycles. The molecule has 1 aromatic rings. The molecule has 162 valence electrons. The van der Waals surface area contributed by atoms with Gasteiger partial charge in [0.15, 0.2) is 0 Å². The number of hydrogen-bond acceptors (Lipinski definition) is 5. The minimum atomic E-state index is -3.60. The van der Waals surface area contributed by atoms with E-state index in [4.69, 9.17) is 4.74 Å². The smallest absolute Gasteiger partial charge is 0.251 e. The fraction of sp³-hybridized carbons (Fsp3) is 0.667. The number of rotatable bonds is 9. The van der Waals surface area contributed by atoms with Crippen molar-refractivity contribution in [2.24, 2.45) is 5.92 Å². The summed E-state index contributed by atoms with van der Waals surface area (Å²) in [6.07, 6.45) is 5.62. The first-order valence-electron chi connectivity index (χ1n) is 10.7. The van der Waals surface area contributed by atoms with Gasteiger partial charge in [-0.3, -0.25) is 4.79 Å². The second-order valence-corrected chi connectivity index (χ2v) is 9.95. The molecule has 2 atom stereocenters. The average Bonchev–Trinajstić information content (AvgIpc) is 3.25. The molecule has 0 bridgehead atoms. The van der Waals surface area contributed by atoms with Crippen LogP contribution in [0.25, 0.3) is 0 Å². The van der Waals surface area contributed by atoms with E-state index in [1.165, 1.54) is 31.4 Å². The van der Waals surface area contributed by atoms with Crippen LogP contribution in [0.5, 0.6) is 0 Å². The topological polar surface area (TPSA) is 87.7 Å². The molecule has 7 nitrogen and oxygen atoms in total. The van der Waals surface area contributed by atoms with Crippen molar-refractivity contribution < 1.29 is 17.9 Å². The molecule has 1 amide bonds. The first kappa shape index (κ1) is 22.2. The van der Waals surface area contributed by atoms with Gasteiger partial charge < -0.3 is 15.0 Å². The van der Waals surface area contributed by atoms with E-state index < -0.39 is 10.0 Å². The monoisotopic (exact) mass is 423 g/mol. The molecule has 3 rings (SSSR count). The number of carbonyl (C=O) groups is 1. The van der Waals surface area contributed by atoms with E-state index in [1.807, 2.05) is 0 Å². The van der Waals surface area contributed by atoms with Gasteiger partial charge in [0, 0.05) is 31.8 Å². The first-order chi connectivity index (χ1) is 13.9. The molecule has 8 heteroatoms.